The lowest BCUT2D eigenvalue weighted by molar-refractivity contribution is -0.137. The summed E-state index contributed by atoms with van der Waals surface area (Å²) in [4.78, 5) is 26.5. The molecule has 4 heterocycles. The van der Waals surface area contributed by atoms with Crippen molar-refractivity contribution in [2.45, 2.75) is 57.5 Å². The Hall–Kier alpha value is -3.70. The lowest BCUT2D eigenvalue weighted by Gasteiger charge is -2.27. The summed E-state index contributed by atoms with van der Waals surface area (Å²) in [6.45, 7) is 5.10. The van der Waals surface area contributed by atoms with Gasteiger partial charge in [-0.25, -0.2) is 19.2 Å². The predicted octanol–water partition coefficient (Wildman–Crippen LogP) is 5.20. The number of imidazole rings is 1. The van der Waals surface area contributed by atoms with Gasteiger partial charge in [-0.2, -0.15) is 18.2 Å². The molecule has 5 rings (SSSR count). The zero-order chi connectivity index (χ0) is 25.8. The average Bonchev–Trinajstić information content (AvgIpc) is 3.43. The van der Waals surface area contributed by atoms with E-state index in [9.17, 15) is 22.4 Å². The number of alkyl halides is 4. The molecular formula is C24H24F4N6O2. The van der Waals surface area contributed by atoms with Crippen molar-refractivity contribution in [1.82, 2.24) is 19.5 Å². The molecular weight excluding hydrogens is 480 g/mol. The molecule has 0 aliphatic carbocycles. The van der Waals surface area contributed by atoms with Gasteiger partial charge in [-0.05, 0) is 50.1 Å². The number of carbonyl (C=O) groups is 1. The fraction of sp³-hybridized carbons (Fsp3) is 0.417. The highest BCUT2D eigenvalue weighted by Crippen LogP contribution is 2.39. The van der Waals surface area contributed by atoms with Crippen molar-refractivity contribution in [3.63, 3.8) is 0 Å². The fourth-order valence-corrected chi connectivity index (χ4v) is 4.83. The molecule has 4 atom stereocenters. The third-order valence-corrected chi connectivity index (χ3v) is 6.57. The number of amides is 1. The Balaban J connectivity index is 1.41. The summed E-state index contributed by atoms with van der Waals surface area (Å²) in [6.07, 6.45) is -2.88. The van der Waals surface area contributed by atoms with E-state index in [2.05, 4.69) is 20.3 Å². The fourth-order valence-electron chi connectivity index (χ4n) is 4.83. The van der Waals surface area contributed by atoms with Crippen molar-refractivity contribution in [2.24, 2.45) is 0 Å². The van der Waals surface area contributed by atoms with E-state index < -0.39 is 30.0 Å². The van der Waals surface area contributed by atoms with E-state index in [0.29, 0.717) is 23.4 Å². The molecule has 8 nitrogen and oxygen atoms in total. The number of rotatable bonds is 5. The largest absolute Gasteiger partial charge is 0.447 e. The molecule has 1 N–H and O–H groups in total. The summed E-state index contributed by atoms with van der Waals surface area (Å²) >= 11 is 0. The van der Waals surface area contributed by atoms with Crippen LogP contribution in [0.15, 0.2) is 36.8 Å². The Bertz CT molecular complexity index is 1310. The molecule has 0 spiro atoms. The normalized spacial score (nSPS) is 21.0. The number of nitrogens with zero attached hydrogens (tertiary/aromatic N) is 5. The highest BCUT2D eigenvalue weighted by Gasteiger charge is 2.39. The van der Waals surface area contributed by atoms with Crippen LogP contribution < -0.4 is 10.2 Å². The second-order valence-corrected chi connectivity index (χ2v) is 9.13. The maximum absolute atomic E-state index is 14.0. The Morgan fingerprint density at radius 3 is 2.69 bits per heavy atom. The third kappa shape index (κ3) is 4.14. The first-order valence-corrected chi connectivity index (χ1v) is 11.5. The number of nitrogens with one attached hydrogen (secondary N) is 1. The van der Waals surface area contributed by atoms with Crippen LogP contribution in [0.3, 0.4) is 0 Å². The van der Waals surface area contributed by atoms with Gasteiger partial charge in [-0.3, -0.25) is 4.90 Å². The number of ether oxygens (including phenoxy) is 1. The van der Waals surface area contributed by atoms with Crippen molar-refractivity contribution in [3.8, 4) is 5.69 Å². The topological polar surface area (TPSA) is 85.2 Å². The molecule has 0 bridgehead atoms. The maximum atomic E-state index is 14.0. The first-order chi connectivity index (χ1) is 17.0. The Labute approximate surface area is 204 Å². The zero-order valence-electron chi connectivity index (χ0n) is 19.8. The van der Waals surface area contributed by atoms with Gasteiger partial charge in [0.15, 0.2) is 0 Å². The van der Waals surface area contributed by atoms with Crippen molar-refractivity contribution < 1.29 is 27.1 Å². The first-order valence-electron chi connectivity index (χ1n) is 11.5. The molecule has 2 aliphatic heterocycles. The molecule has 1 saturated heterocycles. The summed E-state index contributed by atoms with van der Waals surface area (Å²) in [5.41, 5.74) is 2.19. The number of anilines is 2. The summed E-state index contributed by atoms with van der Waals surface area (Å²) in [6, 6.07) is 4.11. The van der Waals surface area contributed by atoms with Crippen molar-refractivity contribution in [1.29, 1.82) is 0 Å². The molecule has 12 heteroatoms. The van der Waals surface area contributed by atoms with E-state index in [-0.39, 0.29) is 30.3 Å². The molecule has 1 fully saturated rings. The zero-order valence-corrected chi connectivity index (χ0v) is 19.8. The van der Waals surface area contributed by atoms with Gasteiger partial charge in [-0.1, -0.05) is 6.92 Å². The van der Waals surface area contributed by atoms with Crippen molar-refractivity contribution in [3.05, 3.63) is 59.3 Å². The van der Waals surface area contributed by atoms with Crippen LogP contribution in [0, 0.1) is 0 Å². The summed E-state index contributed by atoms with van der Waals surface area (Å²) in [7, 11) is 0. The summed E-state index contributed by atoms with van der Waals surface area (Å²) in [5.74, 6) is 0.345. The van der Waals surface area contributed by atoms with E-state index >= 15 is 0 Å². The molecule has 190 valence electrons. The SMILES string of the molecule is CC1Cc2cc(C(F)(F)F)ccc2-n2cnc(C(C)Nc3nccc(N4C(=O)OC[C@@H]4C(C)F)n3)c21. The van der Waals surface area contributed by atoms with Crippen LogP contribution in [0.2, 0.25) is 0 Å². The summed E-state index contributed by atoms with van der Waals surface area (Å²) < 4.78 is 60.4. The number of fused-ring (bicyclic) bond motifs is 3. The Kier molecular flexibility index (Phi) is 5.84. The molecule has 1 aromatic carbocycles. The van der Waals surface area contributed by atoms with Crippen molar-refractivity contribution in [2.75, 3.05) is 16.8 Å². The van der Waals surface area contributed by atoms with E-state index in [1.807, 2.05) is 18.4 Å². The van der Waals surface area contributed by atoms with E-state index in [1.54, 1.807) is 6.33 Å². The molecule has 2 aromatic heterocycles. The Morgan fingerprint density at radius 1 is 1.19 bits per heavy atom. The number of aromatic nitrogens is 4. The number of hydrogen-bond acceptors (Lipinski definition) is 6. The summed E-state index contributed by atoms with van der Waals surface area (Å²) in [5, 5.41) is 3.17. The molecule has 2 aliphatic rings. The monoisotopic (exact) mass is 504 g/mol. The Morgan fingerprint density at radius 2 is 1.97 bits per heavy atom. The lowest BCUT2D eigenvalue weighted by atomic mass is 9.89. The van der Waals surface area contributed by atoms with Crippen LogP contribution in [0.5, 0.6) is 0 Å². The molecule has 3 aromatic rings. The third-order valence-electron chi connectivity index (χ3n) is 6.57. The van der Waals surface area contributed by atoms with Crippen LogP contribution in [0.1, 0.15) is 55.2 Å². The molecule has 3 unspecified atom stereocenters. The number of hydrogen-bond donors (Lipinski definition) is 1. The first kappa shape index (κ1) is 24.0. The second kappa shape index (κ2) is 8.75. The molecule has 36 heavy (non-hydrogen) atoms. The number of carbonyl (C=O) groups excluding carboxylic acids is 1. The smallest absolute Gasteiger partial charge is 0.416 e. The average molecular weight is 504 g/mol. The minimum absolute atomic E-state index is 0.0652. The quantitative estimate of drug-likeness (QED) is 0.481. The van der Waals surface area contributed by atoms with Gasteiger partial charge in [0.1, 0.15) is 24.6 Å². The van der Waals surface area contributed by atoms with Gasteiger partial charge < -0.3 is 14.6 Å². The highest BCUT2D eigenvalue weighted by atomic mass is 19.4. The van der Waals surface area contributed by atoms with Crippen LogP contribution in [0.25, 0.3) is 5.69 Å². The molecule has 0 radical (unpaired) electrons. The van der Waals surface area contributed by atoms with Gasteiger partial charge in [0.25, 0.3) is 0 Å². The van der Waals surface area contributed by atoms with Crippen molar-refractivity contribution >= 4 is 17.9 Å². The van der Waals surface area contributed by atoms with E-state index in [1.165, 1.54) is 36.2 Å². The van der Waals surface area contributed by atoms with Crippen LogP contribution >= 0.6 is 0 Å². The standard InChI is InChI=1S/C24H24F4N6O2/c1-12-8-15-9-16(24(26,27)28)4-5-17(15)33-11-30-20(21(12)33)14(3)31-22-29-7-6-19(32-22)34-18(13(2)25)10-36-23(34)35/h4-7,9,11-14,18H,8,10H2,1-3H3,(H,29,31,32)/t12?,13?,14?,18-/m1/s1. The van der Waals surface area contributed by atoms with E-state index in [0.717, 1.165) is 11.8 Å². The van der Waals surface area contributed by atoms with Crippen LogP contribution in [-0.4, -0.2) is 44.4 Å². The molecule has 0 saturated carbocycles. The van der Waals surface area contributed by atoms with Crippen LogP contribution in [-0.2, 0) is 17.3 Å². The highest BCUT2D eigenvalue weighted by molar-refractivity contribution is 5.89. The number of halogens is 4. The van der Waals surface area contributed by atoms with Crippen LogP contribution in [0.4, 0.5) is 34.1 Å². The lowest BCUT2D eigenvalue weighted by Crippen LogP contribution is -2.39. The maximum Gasteiger partial charge on any atom is 0.416 e. The minimum Gasteiger partial charge on any atom is -0.447 e. The predicted molar refractivity (Wildman–Crippen MR) is 123 cm³/mol. The van der Waals surface area contributed by atoms with Gasteiger partial charge in [0.05, 0.1) is 35.0 Å². The minimum atomic E-state index is -4.40. The number of cyclic esters (lactones) is 1. The van der Waals surface area contributed by atoms with Gasteiger partial charge in [0, 0.05) is 12.1 Å². The second-order valence-electron chi connectivity index (χ2n) is 9.13. The van der Waals surface area contributed by atoms with Gasteiger partial charge in [-0.15, -0.1) is 0 Å². The van der Waals surface area contributed by atoms with Gasteiger partial charge >= 0.3 is 12.3 Å². The molecule has 1 amide bonds. The number of benzene rings is 1. The van der Waals surface area contributed by atoms with E-state index in [4.69, 9.17) is 4.74 Å². The van der Waals surface area contributed by atoms with Gasteiger partial charge in [0.2, 0.25) is 5.95 Å².